The van der Waals surface area contributed by atoms with Gasteiger partial charge in [-0.15, -0.1) is 0 Å². The summed E-state index contributed by atoms with van der Waals surface area (Å²) in [7, 11) is 0. The Labute approximate surface area is 191 Å². The quantitative estimate of drug-likeness (QED) is 0.479. The second-order valence-corrected chi connectivity index (χ2v) is 15.6. The van der Waals surface area contributed by atoms with Crippen molar-refractivity contribution in [2.45, 2.75) is 48.2 Å². The van der Waals surface area contributed by atoms with Gasteiger partial charge in [0.1, 0.15) is 0 Å². The first-order chi connectivity index (χ1) is 14.8. The fourth-order valence-corrected chi connectivity index (χ4v) is 12.8. The van der Waals surface area contributed by atoms with Gasteiger partial charge in [-0.25, -0.2) is 0 Å². The van der Waals surface area contributed by atoms with Gasteiger partial charge in [0.25, 0.3) is 0 Å². The van der Waals surface area contributed by atoms with Crippen molar-refractivity contribution in [1.82, 2.24) is 0 Å². The minimum atomic E-state index is -0.223. The molecule has 150 valence electrons. The standard InChI is InChI=1S/C27H24OSe2/c28-26-25-23-16-8-14-21(23)20-13-7-15-22(20)24(25)17-27(26,29-18-9-3-1-4-10-18)30-19-11-5-2-6-12-19/h1-6,9-12H,7-8,13-17H2. The van der Waals surface area contributed by atoms with E-state index in [1.165, 1.54) is 57.7 Å². The van der Waals surface area contributed by atoms with Gasteiger partial charge in [0, 0.05) is 0 Å². The van der Waals surface area contributed by atoms with Gasteiger partial charge >= 0.3 is 192 Å². The van der Waals surface area contributed by atoms with E-state index in [0.717, 1.165) is 12.8 Å². The molecule has 30 heavy (non-hydrogen) atoms. The number of hydrogen-bond donors (Lipinski definition) is 0. The van der Waals surface area contributed by atoms with Crippen LogP contribution >= 0.6 is 0 Å². The van der Waals surface area contributed by atoms with Crippen molar-refractivity contribution in [3.8, 4) is 0 Å². The summed E-state index contributed by atoms with van der Waals surface area (Å²) in [6.07, 6.45) is 8.20. The molecule has 0 amide bonds. The third-order valence-electron chi connectivity index (χ3n) is 6.80. The SMILES string of the molecule is O=C1c2c3c(c4c(c2CC1([Se]c1ccccc1)[Se]c1ccccc1)CCC4)CCC3. The number of fused-ring (bicyclic) bond motifs is 6. The van der Waals surface area contributed by atoms with Crippen LogP contribution in [-0.4, -0.2) is 35.7 Å². The molecule has 1 nitrogen and oxygen atoms in total. The molecule has 0 saturated heterocycles. The summed E-state index contributed by atoms with van der Waals surface area (Å²) >= 11 is 0.272. The van der Waals surface area contributed by atoms with Crippen LogP contribution in [0.4, 0.5) is 0 Å². The number of carbonyl (C=O) groups is 1. The molecule has 0 aromatic heterocycles. The summed E-state index contributed by atoms with van der Waals surface area (Å²) in [6, 6.07) is 21.6. The number of carbonyl (C=O) groups excluding carboxylic acids is 1. The number of Topliss-reactive ketones (excluding diaryl/α,β-unsaturated/α-hetero) is 1. The van der Waals surface area contributed by atoms with Crippen LogP contribution in [0.5, 0.6) is 0 Å². The van der Waals surface area contributed by atoms with Crippen LogP contribution in [0.2, 0.25) is 3.21 Å². The second kappa shape index (κ2) is 7.50. The van der Waals surface area contributed by atoms with Crippen LogP contribution in [0.3, 0.4) is 0 Å². The Morgan fingerprint density at radius 2 is 1.07 bits per heavy atom. The first-order valence-electron chi connectivity index (χ1n) is 11.0. The van der Waals surface area contributed by atoms with Crippen LogP contribution in [0.1, 0.15) is 51.0 Å². The van der Waals surface area contributed by atoms with E-state index in [-0.39, 0.29) is 33.1 Å². The van der Waals surface area contributed by atoms with E-state index in [1.807, 2.05) is 0 Å². The summed E-state index contributed by atoms with van der Waals surface area (Å²) in [4.78, 5) is 14.3. The first-order valence-corrected chi connectivity index (χ1v) is 14.4. The second-order valence-electron chi connectivity index (χ2n) is 8.56. The molecule has 0 radical (unpaired) electrons. The van der Waals surface area contributed by atoms with E-state index in [1.54, 1.807) is 16.7 Å². The summed E-state index contributed by atoms with van der Waals surface area (Å²) in [6.45, 7) is 0. The molecule has 6 rings (SSSR count). The summed E-state index contributed by atoms with van der Waals surface area (Å²) < 4.78 is 2.49. The predicted molar refractivity (Wildman–Crippen MR) is 125 cm³/mol. The van der Waals surface area contributed by atoms with E-state index in [9.17, 15) is 4.79 Å². The van der Waals surface area contributed by atoms with Crippen molar-refractivity contribution in [2.24, 2.45) is 0 Å². The number of hydrogen-bond acceptors (Lipinski definition) is 1. The predicted octanol–water partition coefficient (Wildman–Crippen LogP) is 3.58. The first kappa shape index (κ1) is 19.1. The van der Waals surface area contributed by atoms with E-state index >= 15 is 0 Å². The molecule has 3 aliphatic rings. The Kier molecular flexibility index (Phi) is 4.77. The molecule has 0 heterocycles. The summed E-state index contributed by atoms with van der Waals surface area (Å²) in [5.74, 6) is 0.484. The van der Waals surface area contributed by atoms with Crippen LogP contribution in [0.25, 0.3) is 0 Å². The van der Waals surface area contributed by atoms with Gasteiger partial charge < -0.3 is 0 Å². The number of benzene rings is 3. The Bertz CT molecular complexity index is 1090. The fourth-order valence-electron chi connectivity index (χ4n) is 5.61. The van der Waals surface area contributed by atoms with Gasteiger partial charge in [-0.3, -0.25) is 0 Å². The Morgan fingerprint density at radius 3 is 1.63 bits per heavy atom. The van der Waals surface area contributed by atoms with Crippen molar-refractivity contribution in [3.05, 3.63) is 94.0 Å². The van der Waals surface area contributed by atoms with Gasteiger partial charge in [0.2, 0.25) is 0 Å². The third kappa shape index (κ3) is 2.99. The average molecular weight is 522 g/mol. The van der Waals surface area contributed by atoms with E-state index < -0.39 is 0 Å². The molecule has 0 bridgehead atoms. The monoisotopic (exact) mass is 524 g/mol. The third-order valence-corrected chi connectivity index (χ3v) is 13.5. The maximum absolute atomic E-state index is 14.3. The van der Waals surface area contributed by atoms with Crippen LogP contribution in [0.15, 0.2) is 60.7 Å². The van der Waals surface area contributed by atoms with E-state index in [0.29, 0.717) is 5.78 Å². The Hall–Kier alpha value is -1.63. The average Bonchev–Trinajstić information content (AvgIpc) is 3.48. The molecule has 0 atom stereocenters. The zero-order valence-corrected chi connectivity index (χ0v) is 20.4. The van der Waals surface area contributed by atoms with E-state index in [4.69, 9.17) is 0 Å². The van der Waals surface area contributed by atoms with E-state index in [2.05, 4.69) is 60.7 Å². The topological polar surface area (TPSA) is 17.1 Å². The van der Waals surface area contributed by atoms with Gasteiger partial charge in [-0.1, -0.05) is 0 Å². The zero-order chi connectivity index (χ0) is 20.1. The molecule has 3 aliphatic carbocycles. The molecule has 0 aliphatic heterocycles. The molecule has 0 fully saturated rings. The van der Waals surface area contributed by atoms with Crippen LogP contribution < -0.4 is 8.92 Å². The number of ketones is 1. The van der Waals surface area contributed by atoms with Crippen molar-refractivity contribution >= 4 is 44.6 Å². The van der Waals surface area contributed by atoms with Crippen molar-refractivity contribution in [3.63, 3.8) is 0 Å². The molecule has 0 saturated carbocycles. The van der Waals surface area contributed by atoms with Crippen LogP contribution in [0, 0.1) is 0 Å². The molecule has 0 N–H and O–H groups in total. The summed E-state index contributed by atoms with van der Waals surface area (Å²) in [5.41, 5.74) is 8.88. The molecular formula is C27H24OSe2. The number of rotatable bonds is 4. The van der Waals surface area contributed by atoms with Crippen molar-refractivity contribution in [2.75, 3.05) is 0 Å². The molecule has 3 aromatic rings. The van der Waals surface area contributed by atoms with Gasteiger partial charge in [-0.05, 0) is 0 Å². The molecule has 3 heteroatoms. The minimum absolute atomic E-state index is 0.136. The Morgan fingerprint density at radius 1 is 0.600 bits per heavy atom. The van der Waals surface area contributed by atoms with Gasteiger partial charge in [0.05, 0.1) is 0 Å². The molecule has 0 unspecified atom stereocenters. The fraction of sp³-hybridized carbons (Fsp3) is 0.296. The van der Waals surface area contributed by atoms with Crippen molar-refractivity contribution in [1.29, 1.82) is 0 Å². The van der Waals surface area contributed by atoms with Gasteiger partial charge in [0.15, 0.2) is 0 Å². The maximum atomic E-state index is 14.3. The van der Waals surface area contributed by atoms with Crippen LogP contribution in [-0.2, 0) is 32.1 Å². The Balaban J connectivity index is 1.51. The normalized spacial score (nSPS) is 18.3. The zero-order valence-electron chi connectivity index (χ0n) is 16.9. The molecule has 0 spiro atoms. The molecular weight excluding hydrogens is 498 g/mol. The molecule has 3 aromatic carbocycles. The van der Waals surface area contributed by atoms with Crippen molar-refractivity contribution < 1.29 is 4.79 Å². The van der Waals surface area contributed by atoms with Gasteiger partial charge in [-0.2, -0.15) is 0 Å². The summed E-state index contributed by atoms with van der Waals surface area (Å²) in [5, 5.41) is 0.